The lowest BCUT2D eigenvalue weighted by Crippen LogP contribution is -2.19. The number of aryl methyl sites for hydroxylation is 1. The molecule has 2 rings (SSSR count). The van der Waals surface area contributed by atoms with Crippen LogP contribution in [0.3, 0.4) is 0 Å². The Balaban J connectivity index is 2.20. The molecule has 1 aromatic rings. The predicted molar refractivity (Wildman–Crippen MR) is 65.6 cm³/mol. The Morgan fingerprint density at radius 2 is 2.31 bits per heavy atom. The maximum Gasteiger partial charge on any atom is 0.143 e. The van der Waals surface area contributed by atoms with Gasteiger partial charge >= 0.3 is 0 Å². The summed E-state index contributed by atoms with van der Waals surface area (Å²) in [5.74, 6) is 0.780. The molecule has 0 radical (unpaired) electrons. The number of anilines is 1. The van der Waals surface area contributed by atoms with Gasteiger partial charge in [-0.05, 0) is 25.0 Å². The Bertz CT molecular complexity index is 376. The first-order valence-corrected chi connectivity index (χ1v) is 5.77. The zero-order valence-electron chi connectivity index (χ0n) is 9.55. The molecular weight excluding hydrogens is 226 g/mol. The standard InChI is InChI=1S/C12H16ClNO2/c1-8-5-11(12(15-2)6-10(8)13)14-9-3-4-16-7-9/h5-6,9,14H,3-4,7H2,1-2H3. The van der Waals surface area contributed by atoms with Gasteiger partial charge in [0.1, 0.15) is 5.75 Å². The molecule has 1 atom stereocenters. The Labute approximate surface area is 101 Å². The van der Waals surface area contributed by atoms with E-state index in [2.05, 4.69) is 5.32 Å². The zero-order valence-corrected chi connectivity index (χ0v) is 10.3. The van der Waals surface area contributed by atoms with Crippen LogP contribution in [0.4, 0.5) is 5.69 Å². The van der Waals surface area contributed by atoms with E-state index in [0.29, 0.717) is 6.04 Å². The van der Waals surface area contributed by atoms with Gasteiger partial charge in [-0.15, -0.1) is 0 Å². The molecular formula is C12H16ClNO2. The summed E-state index contributed by atoms with van der Waals surface area (Å²) in [7, 11) is 1.65. The van der Waals surface area contributed by atoms with Crippen molar-refractivity contribution in [3.63, 3.8) is 0 Å². The van der Waals surface area contributed by atoms with Gasteiger partial charge in [-0.2, -0.15) is 0 Å². The fourth-order valence-corrected chi connectivity index (χ4v) is 1.97. The summed E-state index contributed by atoms with van der Waals surface area (Å²) in [5.41, 5.74) is 2.03. The van der Waals surface area contributed by atoms with Crippen molar-refractivity contribution in [1.82, 2.24) is 0 Å². The highest BCUT2D eigenvalue weighted by molar-refractivity contribution is 6.31. The molecule has 0 spiro atoms. The fourth-order valence-electron chi connectivity index (χ4n) is 1.81. The fraction of sp³-hybridized carbons (Fsp3) is 0.500. The zero-order chi connectivity index (χ0) is 11.5. The summed E-state index contributed by atoms with van der Waals surface area (Å²) in [6, 6.07) is 4.23. The van der Waals surface area contributed by atoms with Crippen LogP contribution in [0.15, 0.2) is 12.1 Å². The molecule has 0 amide bonds. The first kappa shape index (κ1) is 11.6. The molecule has 1 aromatic carbocycles. The van der Waals surface area contributed by atoms with Gasteiger partial charge in [-0.1, -0.05) is 11.6 Å². The lowest BCUT2D eigenvalue weighted by atomic mass is 10.1. The Kier molecular flexibility index (Phi) is 3.56. The van der Waals surface area contributed by atoms with Crippen molar-refractivity contribution in [1.29, 1.82) is 0 Å². The number of ether oxygens (including phenoxy) is 2. The SMILES string of the molecule is COc1cc(Cl)c(C)cc1NC1CCOC1. The van der Waals surface area contributed by atoms with Crippen molar-refractivity contribution in [2.45, 2.75) is 19.4 Å². The molecule has 3 nitrogen and oxygen atoms in total. The molecule has 16 heavy (non-hydrogen) atoms. The van der Waals surface area contributed by atoms with E-state index in [4.69, 9.17) is 21.1 Å². The van der Waals surface area contributed by atoms with E-state index < -0.39 is 0 Å². The van der Waals surface area contributed by atoms with Crippen molar-refractivity contribution in [3.8, 4) is 5.75 Å². The molecule has 1 aliphatic heterocycles. The van der Waals surface area contributed by atoms with Crippen LogP contribution in [0.1, 0.15) is 12.0 Å². The van der Waals surface area contributed by atoms with Crippen molar-refractivity contribution in [2.75, 3.05) is 25.6 Å². The average molecular weight is 242 g/mol. The van der Waals surface area contributed by atoms with E-state index in [1.165, 1.54) is 0 Å². The minimum Gasteiger partial charge on any atom is -0.495 e. The summed E-state index contributed by atoms with van der Waals surface area (Å²) in [4.78, 5) is 0. The van der Waals surface area contributed by atoms with Crippen LogP contribution in [-0.4, -0.2) is 26.4 Å². The van der Waals surface area contributed by atoms with Crippen LogP contribution in [0, 0.1) is 6.92 Å². The van der Waals surface area contributed by atoms with Crippen LogP contribution in [0.2, 0.25) is 5.02 Å². The first-order chi connectivity index (χ1) is 7.70. The van der Waals surface area contributed by atoms with Crippen molar-refractivity contribution in [2.24, 2.45) is 0 Å². The minimum atomic E-state index is 0.370. The second-order valence-corrected chi connectivity index (χ2v) is 4.41. The molecule has 0 saturated carbocycles. The topological polar surface area (TPSA) is 30.5 Å². The first-order valence-electron chi connectivity index (χ1n) is 5.39. The maximum atomic E-state index is 6.05. The normalized spacial score (nSPS) is 19.8. The molecule has 1 unspecified atom stereocenters. The highest BCUT2D eigenvalue weighted by Gasteiger charge is 2.17. The number of methoxy groups -OCH3 is 1. The summed E-state index contributed by atoms with van der Waals surface area (Å²) in [6.45, 7) is 3.56. The van der Waals surface area contributed by atoms with Crippen LogP contribution in [0.25, 0.3) is 0 Å². The lowest BCUT2D eigenvalue weighted by molar-refractivity contribution is 0.195. The molecule has 1 N–H and O–H groups in total. The van der Waals surface area contributed by atoms with Gasteiger partial charge in [0.05, 0.1) is 25.4 Å². The van der Waals surface area contributed by atoms with Gasteiger partial charge in [-0.3, -0.25) is 0 Å². The summed E-state index contributed by atoms with van der Waals surface area (Å²) in [5, 5.41) is 4.15. The van der Waals surface area contributed by atoms with Crippen molar-refractivity contribution < 1.29 is 9.47 Å². The van der Waals surface area contributed by atoms with Gasteiger partial charge < -0.3 is 14.8 Å². The van der Waals surface area contributed by atoms with E-state index in [1.54, 1.807) is 7.11 Å². The highest BCUT2D eigenvalue weighted by Crippen LogP contribution is 2.31. The van der Waals surface area contributed by atoms with Crippen LogP contribution in [-0.2, 0) is 4.74 Å². The van der Waals surface area contributed by atoms with E-state index in [-0.39, 0.29) is 0 Å². The van der Waals surface area contributed by atoms with Crippen LogP contribution >= 0.6 is 11.6 Å². The molecule has 1 aliphatic rings. The van der Waals surface area contributed by atoms with Crippen molar-refractivity contribution >= 4 is 17.3 Å². The monoisotopic (exact) mass is 241 g/mol. The minimum absolute atomic E-state index is 0.370. The van der Waals surface area contributed by atoms with Gasteiger partial charge in [0.2, 0.25) is 0 Å². The summed E-state index contributed by atoms with van der Waals surface area (Å²) < 4.78 is 10.6. The van der Waals surface area contributed by atoms with E-state index in [9.17, 15) is 0 Å². The van der Waals surface area contributed by atoms with Crippen molar-refractivity contribution in [3.05, 3.63) is 22.7 Å². The quantitative estimate of drug-likeness (QED) is 0.883. The lowest BCUT2D eigenvalue weighted by Gasteiger charge is -2.16. The van der Waals surface area contributed by atoms with Gasteiger partial charge in [0, 0.05) is 17.7 Å². The number of nitrogens with one attached hydrogen (secondary N) is 1. The largest absolute Gasteiger partial charge is 0.495 e. The summed E-state index contributed by atoms with van der Waals surface area (Å²) in [6.07, 6.45) is 1.03. The molecule has 0 bridgehead atoms. The van der Waals surface area contributed by atoms with E-state index in [1.807, 2.05) is 19.1 Å². The van der Waals surface area contributed by atoms with E-state index >= 15 is 0 Å². The Hall–Kier alpha value is -0.930. The second-order valence-electron chi connectivity index (χ2n) is 4.01. The van der Waals surface area contributed by atoms with E-state index in [0.717, 1.165) is 41.7 Å². The third kappa shape index (κ3) is 2.42. The van der Waals surface area contributed by atoms with Gasteiger partial charge in [0.15, 0.2) is 0 Å². The number of benzene rings is 1. The smallest absolute Gasteiger partial charge is 0.143 e. The van der Waals surface area contributed by atoms with Gasteiger partial charge in [-0.25, -0.2) is 0 Å². The number of hydrogen-bond acceptors (Lipinski definition) is 3. The summed E-state index contributed by atoms with van der Waals surface area (Å²) >= 11 is 6.05. The number of rotatable bonds is 3. The maximum absolute atomic E-state index is 6.05. The van der Waals surface area contributed by atoms with Crippen LogP contribution in [0.5, 0.6) is 5.75 Å². The molecule has 4 heteroatoms. The molecule has 1 heterocycles. The third-order valence-electron chi connectivity index (χ3n) is 2.77. The molecule has 88 valence electrons. The molecule has 1 saturated heterocycles. The second kappa shape index (κ2) is 4.93. The number of halogens is 1. The van der Waals surface area contributed by atoms with Crippen LogP contribution < -0.4 is 10.1 Å². The Morgan fingerprint density at radius 1 is 1.50 bits per heavy atom. The predicted octanol–water partition coefficient (Wildman–Crippen LogP) is 2.86. The average Bonchev–Trinajstić information content (AvgIpc) is 2.76. The Morgan fingerprint density at radius 3 is 2.94 bits per heavy atom. The molecule has 0 aromatic heterocycles. The molecule has 1 fully saturated rings. The highest BCUT2D eigenvalue weighted by atomic mass is 35.5. The number of hydrogen-bond donors (Lipinski definition) is 1. The molecule has 0 aliphatic carbocycles. The van der Waals surface area contributed by atoms with Gasteiger partial charge in [0.25, 0.3) is 0 Å². The third-order valence-corrected chi connectivity index (χ3v) is 3.18.